The average molecular weight is 243 g/mol. The number of esters is 1. The first-order chi connectivity index (χ1) is 8.06. The first-order valence-corrected chi connectivity index (χ1v) is 6.05. The molecule has 1 fully saturated rings. The van der Waals surface area contributed by atoms with E-state index in [1.54, 1.807) is 4.90 Å². The quantitative estimate of drug-likeness (QED) is 0.690. The molecule has 1 saturated heterocycles. The molecule has 17 heavy (non-hydrogen) atoms. The van der Waals surface area contributed by atoms with E-state index in [0.717, 1.165) is 12.8 Å². The van der Waals surface area contributed by atoms with Gasteiger partial charge in [0.15, 0.2) is 0 Å². The Hall–Kier alpha value is -1.10. The predicted octanol–water partition coefficient (Wildman–Crippen LogP) is 0.965. The summed E-state index contributed by atoms with van der Waals surface area (Å²) in [6.45, 7) is 4.40. The van der Waals surface area contributed by atoms with E-state index < -0.39 is 6.04 Å². The van der Waals surface area contributed by atoms with Gasteiger partial charge in [0.2, 0.25) is 5.91 Å². The van der Waals surface area contributed by atoms with Crippen LogP contribution in [0.3, 0.4) is 0 Å². The van der Waals surface area contributed by atoms with Gasteiger partial charge in [-0.3, -0.25) is 4.79 Å². The van der Waals surface area contributed by atoms with Crippen molar-refractivity contribution in [3.63, 3.8) is 0 Å². The molecule has 0 aliphatic carbocycles. The second-order valence-electron chi connectivity index (χ2n) is 4.48. The number of hydrogen-bond donors (Lipinski definition) is 0. The maximum atomic E-state index is 11.9. The highest BCUT2D eigenvalue weighted by Crippen LogP contribution is 2.18. The van der Waals surface area contributed by atoms with Crippen molar-refractivity contribution >= 4 is 11.9 Å². The van der Waals surface area contributed by atoms with Crippen LogP contribution in [-0.2, 0) is 19.1 Å². The van der Waals surface area contributed by atoms with Gasteiger partial charge in [-0.25, -0.2) is 4.79 Å². The summed E-state index contributed by atoms with van der Waals surface area (Å²) in [7, 11) is 1.35. The van der Waals surface area contributed by atoms with Crippen molar-refractivity contribution < 1.29 is 19.1 Å². The highest BCUT2D eigenvalue weighted by molar-refractivity contribution is 5.85. The molecule has 1 atom stereocenters. The van der Waals surface area contributed by atoms with Crippen molar-refractivity contribution in [2.45, 2.75) is 45.3 Å². The molecule has 1 rings (SSSR count). The summed E-state index contributed by atoms with van der Waals surface area (Å²) in [6.07, 6.45) is 2.58. The van der Waals surface area contributed by atoms with Gasteiger partial charge in [-0.2, -0.15) is 0 Å². The minimum absolute atomic E-state index is 0.0142. The van der Waals surface area contributed by atoms with Gasteiger partial charge in [-0.15, -0.1) is 0 Å². The monoisotopic (exact) mass is 243 g/mol. The number of ether oxygens (including phenoxy) is 2. The number of carbonyl (C=O) groups excluding carboxylic acids is 2. The van der Waals surface area contributed by atoms with Gasteiger partial charge in [0.05, 0.1) is 13.2 Å². The van der Waals surface area contributed by atoms with Crippen LogP contribution in [0.5, 0.6) is 0 Å². The molecule has 0 bridgehead atoms. The Morgan fingerprint density at radius 2 is 2.06 bits per heavy atom. The lowest BCUT2D eigenvalue weighted by Crippen LogP contribution is -2.49. The van der Waals surface area contributed by atoms with Crippen LogP contribution in [0.25, 0.3) is 0 Å². The summed E-state index contributed by atoms with van der Waals surface area (Å²) in [6, 6.07) is -0.433. The molecule has 1 unspecified atom stereocenters. The second-order valence-corrected chi connectivity index (χ2v) is 4.48. The number of amides is 1. The molecular weight excluding hydrogens is 222 g/mol. The molecule has 5 nitrogen and oxygen atoms in total. The standard InChI is InChI=1S/C12H21NO4/c1-9(2)17-8-11(14)13-7-5-4-6-10(13)12(15)16-3/h9-10H,4-8H2,1-3H3. The fraction of sp³-hybridized carbons (Fsp3) is 0.833. The van der Waals surface area contributed by atoms with Crippen LogP contribution in [0, 0.1) is 0 Å². The third-order valence-electron chi connectivity index (χ3n) is 2.84. The molecule has 1 aliphatic heterocycles. The average Bonchev–Trinajstić information content (AvgIpc) is 2.34. The lowest BCUT2D eigenvalue weighted by atomic mass is 10.0. The summed E-state index contributed by atoms with van der Waals surface area (Å²) in [5.41, 5.74) is 0. The molecule has 0 radical (unpaired) electrons. The Bertz CT molecular complexity index is 278. The number of rotatable bonds is 4. The summed E-state index contributed by atoms with van der Waals surface area (Å²) >= 11 is 0. The van der Waals surface area contributed by atoms with Crippen molar-refractivity contribution in [2.24, 2.45) is 0 Å². The number of hydrogen-bond acceptors (Lipinski definition) is 4. The van der Waals surface area contributed by atoms with Crippen LogP contribution in [-0.4, -0.2) is 49.2 Å². The normalized spacial score (nSPS) is 20.5. The number of nitrogens with zero attached hydrogens (tertiary/aromatic N) is 1. The van der Waals surface area contributed by atoms with Crippen LogP contribution in [0.1, 0.15) is 33.1 Å². The molecule has 0 aromatic carbocycles. The molecular formula is C12H21NO4. The Morgan fingerprint density at radius 1 is 1.35 bits per heavy atom. The smallest absolute Gasteiger partial charge is 0.328 e. The maximum Gasteiger partial charge on any atom is 0.328 e. The number of likely N-dealkylation sites (tertiary alicyclic amines) is 1. The molecule has 1 amide bonds. The topological polar surface area (TPSA) is 55.8 Å². The van der Waals surface area contributed by atoms with Crippen molar-refractivity contribution in [2.75, 3.05) is 20.3 Å². The van der Waals surface area contributed by atoms with Crippen molar-refractivity contribution in [1.29, 1.82) is 0 Å². The molecule has 0 aromatic rings. The highest BCUT2D eigenvalue weighted by atomic mass is 16.5. The van der Waals surface area contributed by atoms with Gasteiger partial charge in [0.25, 0.3) is 0 Å². The van der Waals surface area contributed by atoms with E-state index in [0.29, 0.717) is 13.0 Å². The van der Waals surface area contributed by atoms with Crippen LogP contribution >= 0.6 is 0 Å². The van der Waals surface area contributed by atoms with Crippen molar-refractivity contribution in [3.8, 4) is 0 Å². The molecule has 1 heterocycles. The fourth-order valence-corrected chi connectivity index (χ4v) is 1.93. The molecule has 98 valence electrons. The summed E-state index contributed by atoms with van der Waals surface area (Å²) in [5.74, 6) is -0.462. The van der Waals surface area contributed by atoms with Gasteiger partial charge in [-0.1, -0.05) is 0 Å². The molecule has 0 spiro atoms. The Balaban J connectivity index is 2.58. The zero-order valence-electron chi connectivity index (χ0n) is 10.8. The van der Waals surface area contributed by atoms with Crippen LogP contribution in [0.15, 0.2) is 0 Å². The minimum Gasteiger partial charge on any atom is -0.467 e. The van der Waals surface area contributed by atoms with E-state index in [4.69, 9.17) is 9.47 Å². The molecule has 0 aromatic heterocycles. The Morgan fingerprint density at radius 3 is 2.65 bits per heavy atom. The zero-order chi connectivity index (χ0) is 12.8. The fourth-order valence-electron chi connectivity index (χ4n) is 1.93. The van der Waals surface area contributed by atoms with Gasteiger partial charge < -0.3 is 14.4 Å². The van der Waals surface area contributed by atoms with E-state index in [2.05, 4.69) is 0 Å². The van der Waals surface area contributed by atoms with Crippen LogP contribution in [0.4, 0.5) is 0 Å². The number of piperidine rings is 1. The molecule has 0 saturated carbocycles. The van der Waals surface area contributed by atoms with Gasteiger partial charge in [0.1, 0.15) is 12.6 Å². The molecule has 5 heteroatoms. The van der Waals surface area contributed by atoms with E-state index in [9.17, 15) is 9.59 Å². The third kappa shape index (κ3) is 4.00. The van der Waals surface area contributed by atoms with Crippen LogP contribution in [0.2, 0.25) is 0 Å². The first kappa shape index (κ1) is 14.0. The predicted molar refractivity (Wildman–Crippen MR) is 62.5 cm³/mol. The zero-order valence-corrected chi connectivity index (χ0v) is 10.8. The highest BCUT2D eigenvalue weighted by Gasteiger charge is 2.32. The van der Waals surface area contributed by atoms with Gasteiger partial charge in [-0.05, 0) is 33.1 Å². The lowest BCUT2D eigenvalue weighted by molar-refractivity contribution is -0.156. The molecule has 1 aliphatic rings. The van der Waals surface area contributed by atoms with Gasteiger partial charge in [0, 0.05) is 6.54 Å². The van der Waals surface area contributed by atoms with E-state index in [-0.39, 0.29) is 24.6 Å². The lowest BCUT2D eigenvalue weighted by Gasteiger charge is -2.33. The SMILES string of the molecule is COC(=O)C1CCCCN1C(=O)COC(C)C. The van der Waals surface area contributed by atoms with E-state index in [1.165, 1.54) is 7.11 Å². The number of carbonyl (C=O) groups is 2. The van der Waals surface area contributed by atoms with Crippen molar-refractivity contribution in [1.82, 2.24) is 4.90 Å². The van der Waals surface area contributed by atoms with E-state index >= 15 is 0 Å². The Kier molecular flexibility index (Phi) is 5.41. The molecule has 0 N–H and O–H groups in total. The summed E-state index contributed by atoms with van der Waals surface area (Å²) in [5, 5.41) is 0. The second kappa shape index (κ2) is 6.59. The number of methoxy groups -OCH3 is 1. The van der Waals surface area contributed by atoms with Gasteiger partial charge >= 0.3 is 5.97 Å². The minimum atomic E-state index is -0.433. The summed E-state index contributed by atoms with van der Waals surface area (Å²) in [4.78, 5) is 25.1. The van der Waals surface area contributed by atoms with Crippen LogP contribution < -0.4 is 0 Å². The van der Waals surface area contributed by atoms with Crippen molar-refractivity contribution in [3.05, 3.63) is 0 Å². The largest absolute Gasteiger partial charge is 0.467 e. The summed E-state index contributed by atoms with van der Waals surface area (Å²) < 4.78 is 10.00. The maximum absolute atomic E-state index is 11.9. The van der Waals surface area contributed by atoms with E-state index in [1.807, 2.05) is 13.8 Å². The first-order valence-electron chi connectivity index (χ1n) is 6.05. The third-order valence-corrected chi connectivity index (χ3v) is 2.84. The Labute approximate surface area is 102 Å².